The van der Waals surface area contributed by atoms with E-state index >= 15 is 0 Å². The summed E-state index contributed by atoms with van der Waals surface area (Å²) in [4.78, 5) is 14.5. The van der Waals surface area contributed by atoms with E-state index in [1.165, 1.54) is 11.3 Å². The number of fused-ring (bicyclic) bond motifs is 3. The highest BCUT2D eigenvalue weighted by Gasteiger charge is 2.43. The average Bonchev–Trinajstić information content (AvgIpc) is 3.12. The van der Waals surface area contributed by atoms with Crippen molar-refractivity contribution in [2.75, 3.05) is 13.1 Å². The van der Waals surface area contributed by atoms with Gasteiger partial charge in [-0.1, -0.05) is 36.4 Å². The number of ether oxygens (including phenoxy) is 1. The van der Waals surface area contributed by atoms with Crippen molar-refractivity contribution >= 4 is 11.5 Å². The molecular formula is C26H28N2O2. The number of carbonyl (C=O) groups is 1. The van der Waals surface area contributed by atoms with Crippen molar-refractivity contribution in [2.45, 2.75) is 44.8 Å². The van der Waals surface area contributed by atoms with E-state index in [0.29, 0.717) is 6.04 Å². The van der Waals surface area contributed by atoms with Crippen LogP contribution in [0.5, 0.6) is 5.75 Å². The molecule has 3 aliphatic heterocycles. The summed E-state index contributed by atoms with van der Waals surface area (Å²) in [5.41, 5.74) is 5.16. The van der Waals surface area contributed by atoms with Crippen molar-refractivity contribution in [3.63, 3.8) is 0 Å². The molecule has 0 saturated carbocycles. The Bertz CT molecular complexity index is 1030. The van der Waals surface area contributed by atoms with Gasteiger partial charge in [0.05, 0.1) is 0 Å². The van der Waals surface area contributed by atoms with Gasteiger partial charge in [-0.05, 0) is 55.7 Å². The fourth-order valence-corrected chi connectivity index (χ4v) is 5.01. The molecular weight excluding hydrogens is 372 g/mol. The quantitative estimate of drug-likeness (QED) is 0.804. The largest absolute Gasteiger partial charge is 0.482 e. The van der Waals surface area contributed by atoms with E-state index < -0.39 is 0 Å². The molecule has 1 saturated heterocycles. The van der Waals surface area contributed by atoms with Crippen molar-refractivity contribution < 1.29 is 9.53 Å². The first-order valence-corrected chi connectivity index (χ1v) is 11.0. The van der Waals surface area contributed by atoms with Gasteiger partial charge in [0.1, 0.15) is 11.4 Å². The van der Waals surface area contributed by atoms with E-state index in [9.17, 15) is 4.79 Å². The van der Waals surface area contributed by atoms with Crippen molar-refractivity contribution in [3.8, 4) is 5.75 Å². The first-order chi connectivity index (χ1) is 14.6. The van der Waals surface area contributed by atoms with E-state index in [1.54, 1.807) is 0 Å². The molecule has 4 nitrogen and oxygen atoms in total. The zero-order valence-corrected chi connectivity index (χ0v) is 17.7. The van der Waals surface area contributed by atoms with Crippen LogP contribution in [0.25, 0.3) is 5.57 Å². The standard InChI is InChI=1S/C26H28N2O2/c1-3-28(4-2)25(29)19-11-9-18(10-12-19)23-17-26(15-20-13-14-21(16-26)27-20)30-24-8-6-5-7-22(23)24/h5-13,17,21,27H,3-4,14-16H2,1-2H3. The van der Waals surface area contributed by atoms with Gasteiger partial charge in [-0.3, -0.25) is 4.79 Å². The van der Waals surface area contributed by atoms with E-state index in [2.05, 4.69) is 47.8 Å². The van der Waals surface area contributed by atoms with Crippen LogP contribution in [0.2, 0.25) is 0 Å². The van der Waals surface area contributed by atoms with E-state index in [-0.39, 0.29) is 11.5 Å². The van der Waals surface area contributed by atoms with E-state index in [1.807, 2.05) is 36.9 Å². The minimum atomic E-state index is -0.308. The molecule has 2 aromatic carbocycles. The number of piperidine rings is 1. The van der Waals surface area contributed by atoms with Crippen molar-refractivity contribution in [1.29, 1.82) is 0 Å². The lowest BCUT2D eigenvalue weighted by molar-refractivity contribution is 0.0772. The Morgan fingerprint density at radius 1 is 1.13 bits per heavy atom. The van der Waals surface area contributed by atoms with Crippen LogP contribution in [0.3, 0.4) is 0 Å². The van der Waals surface area contributed by atoms with Crippen LogP contribution in [0.15, 0.2) is 66.4 Å². The van der Waals surface area contributed by atoms with Gasteiger partial charge in [-0.15, -0.1) is 0 Å². The van der Waals surface area contributed by atoms with Gasteiger partial charge in [-0.25, -0.2) is 0 Å². The minimum absolute atomic E-state index is 0.0891. The fourth-order valence-electron chi connectivity index (χ4n) is 5.01. The molecule has 0 aromatic heterocycles. The van der Waals surface area contributed by atoms with Crippen LogP contribution in [-0.2, 0) is 0 Å². The number of amides is 1. The zero-order chi connectivity index (χ0) is 20.7. The average molecular weight is 401 g/mol. The summed E-state index contributed by atoms with van der Waals surface area (Å²) in [7, 11) is 0. The number of nitrogens with zero attached hydrogens (tertiary/aromatic N) is 1. The maximum absolute atomic E-state index is 12.7. The number of hydrogen-bond acceptors (Lipinski definition) is 3. The molecule has 0 aliphatic carbocycles. The second kappa shape index (κ2) is 7.35. The molecule has 2 aromatic rings. The molecule has 5 rings (SSSR count). The van der Waals surface area contributed by atoms with Crippen LogP contribution < -0.4 is 10.1 Å². The number of benzene rings is 2. The summed E-state index contributed by atoms with van der Waals surface area (Å²) < 4.78 is 6.60. The van der Waals surface area contributed by atoms with Gasteiger partial charge in [0, 0.05) is 48.8 Å². The summed E-state index contributed by atoms with van der Waals surface area (Å²) >= 11 is 0. The zero-order valence-electron chi connectivity index (χ0n) is 17.7. The molecule has 1 amide bonds. The Balaban J connectivity index is 1.53. The lowest BCUT2D eigenvalue weighted by Gasteiger charge is -2.42. The maximum atomic E-state index is 12.7. The third-order valence-electron chi connectivity index (χ3n) is 6.51. The Morgan fingerprint density at radius 2 is 1.90 bits per heavy atom. The lowest BCUT2D eigenvalue weighted by Crippen LogP contribution is -2.47. The molecule has 2 unspecified atom stereocenters. The summed E-state index contributed by atoms with van der Waals surface area (Å²) in [6.07, 6.45) is 7.55. The summed E-state index contributed by atoms with van der Waals surface area (Å²) in [6.45, 7) is 5.47. The van der Waals surface area contributed by atoms with Crippen LogP contribution in [0, 0.1) is 0 Å². The van der Waals surface area contributed by atoms with Crippen molar-refractivity contribution in [1.82, 2.24) is 10.2 Å². The topological polar surface area (TPSA) is 41.6 Å². The summed E-state index contributed by atoms with van der Waals surface area (Å²) in [6, 6.07) is 16.8. The first kappa shape index (κ1) is 19.0. The molecule has 0 radical (unpaired) electrons. The van der Waals surface area contributed by atoms with E-state index in [4.69, 9.17) is 4.74 Å². The van der Waals surface area contributed by atoms with Gasteiger partial charge in [0.25, 0.3) is 5.91 Å². The SMILES string of the molecule is CCN(CC)C(=O)c1ccc(C2=CC3(CC4=CCC(C3)N4)Oc3ccccc32)cc1. The molecule has 2 bridgehead atoms. The monoisotopic (exact) mass is 400 g/mol. The third kappa shape index (κ3) is 3.20. The van der Waals surface area contributed by atoms with Gasteiger partial charge in [-0.2, -0.15) is 0 Å². The highest BCUT2D eigenvalue weighted by atomic mass is 16.5. The van der Waals surface area contributed by atoms with E-state index in [0.717, 1.165) is 54.8 Å². The van der Waals surface area contributed by atoms with Crippen LogP contribution in [0.4, 0.5) is 0 Å². The first-order valence-electron chi connectivity index (χ1n) is 11.0. The molecule has 1 N–H and O–H groups in total. The van der Waals surface area contributed by atoms with Crippen molar-refractivity contribution in [2.24, 2.45) is 0 Å². The summed E-state index contributed by atoms with van der Waals surface area (Å²) in [5, 5.41) is 3.59. The molecule has 3 aliphatic rings. The maximum Gasteiger partial charge on any atom is 0.253 e. The van der Waals surface area contributed by atoms with Crippen LogP contribution >= 0.6 is 0 Å². The fraction of sp³-hybridized carbons (Fsp3) is 0.346. The third-order valence-corrected chi connectivity index (χ3v) is 6.51. The van der Waals surface area contributed by atoms with Gasteiger partial charge >= 0.3 is 0 Å². The van der Waals surface area contributed by atoms with Gasteiger partial charge in [0.15, 0.2) is 0 Å². The summed E-state index contributed by atoms with van der Waals surface area (Å²) in [5.74, 6) is 1.03. The lowest BCUT2D eigenvalue weighted by atomic mass is 9.81. The number of carbonyl (C=O) groups excluding carboxylic acids is 1. The van der Waals surface area contributed by atoms with Crippen molar-refractivity contribution in [3.05, 3.63) is 83.1 Å². The molecule has 2 atom stereocenters. The molecule has 30 heavy (non-hydrogen) atoms. The highest BCUT2D eigenvalue weighted by Crippen LogP contribution is 2.46. The Labute approximate surface area is 178 Å². The highest BCUT2D eigenvalue weighted by molar-refractivity contribution is 5.95. The molecule has 3 heterocycles. The molecule has 4 heteroatoms. The Morgan fingerprint density at radius 3 is 2.63 bits per heavy atom. The predicted octanol–water partition coefficient (Wildman–Crippen LogP) is 4.77. The second-order valence-corrected chi connectivity index (χ2v) is 8.46. The second-order valence-electron chi connectivity index (χ2n) is 8.46. The number of para-hydroxylation sites is 1. The minimum Gasteiger partial charge on any atom is -0.482 e. The van der Waals surface area contributed by atoms with Crippen LogP contribution in [-0.4, -0.2) is 35.5 Å². The van der Waals surface area contributed by atoms with Crippen LogP contribution in [0.1, 0.15) is 54.6 Å². The number of hydrogen-bond donors (Lipinski definition) is 1. The number of rotatable bonds is 4. The molecule has 154 valence electrons. The van der Waals surface area contributed by atoms with Gasteiger partial charge in [0.2, 0.25) is 0 Å². The smallest absolute Gasteiger partial charge is 0.253 e. The molecule has 1 fully saturated rings. The van der Waals surface area contributed by atoms with Gasteiger partial charge < -0.3 is 15.0 Å². The number of nitrogens with one attached hydrogen (secondary N) is 1. The molecule has 1 spiro atoms. The normalized spacial score (nSPS) is 23.7. The Kier molecular flexibility index (Phi) is 4.65. The Hall–Kier alpha value is -3.01. The predicted molar refractivity (Wildman–Crippen MR) is 119 cm³/mol.